The third-order valence-electron chi connectivity index (χ3n) is 4.01. The second-order valence-corrected chi connectivity index (χ2v) is 5.97. The molecule has 5 heteroatoms. The Morgan fingerprint density at radius 2 is 2.05 bits per heavy atom. The predicted octanol–water partition coefficient (Wildman–Crippen LogP) is 2.56. The molecule has 1 fully saturated rings. The maximum absolute atomic E-state index is 11.2. The van der Waals surface area contributed by atoms with Crippen molar-refractivity contribution in [3.8, 4) is 0 Å². The zero-order valence-corrected chi connectivity index (χ0v) is 12.9. The van der Waals surface area contributed by atoms with Gasteiger partial charge in [-0.2, -0.15) is 0 Å². The number of hydrogen-bond acceptors (Lipinski definition) is 4. The largest absolute Gasteiger partial charge is 0.478 e. The average molecular weight is 291 g/mol. The number of nitrogens with two attached hydrogens (primary N) is 1. The summed E-state index contributed by atoms with van der Waals surface area (Å²) >= 11 is 0. The van der Waals surface area contributed by atoms with Gasteiger partial charge in [-0.1, -0.05) is 6.42 Å². The van der Waals surface area contributed by atoms with Crippen molar-refractivity contribution in [3.05, 3.63) is 23.3 Å². The molecule has 5 nitrogen and oxygen atoms in total. The standard InChI is InChI=1S/C16H25N3O2/c1-11-8-13(9-14(15(11)17)16(20)21)18-12(2)10-19-6-4-3-5-7-19/h8-9,12,18H,3-7,10,17H2,1-2H3,(H,20,21). The molecule has 0 aliphatic carbocycles. The van der Waals surface area contributed by atoms with Crippen LogP contribution in [-0.2, 0) is 0 Å². The minimum absolute atomic E-state index is 0.169. The van der Waals surface area contributed by atoms with E-state index in [9.17, 15) is 9.90 Å². The number of nitrogen functional groups attached to an aromatic ring is 1. The van der Waals surface area contributed by atoms with Gasteiger partial charge in [0.2, 0.25) is 0 Å². The molecule has 1 saturated heterocycles. The van der Waals surface area contributed by atoms with Crippen LogP contribution in [0.1, 0.15) is 42.1 Å². The van der Waals surface area contributed by atoms with Crippen LogP contribution in [0.4, 0.5) is 11.4 Å². The topological polar surface area (TPSA) is 78.6 Å². The van der Waals surface area contributed by atoms with E-state index in [1.54, 1.807) is 6.07 Å². The van der Waals surface area contributed by atoms with Crippen molar-refractivity contribution >= 4 is 17.3 Å². The Kier molecular flexibility index (Phi) is 5.07. The van der Waals surface area contributed by atoms with Crippen LogP contribution in [0, 0.1) is 6.92 Å². The van der Waals surface area contributed by atoms with Gasteiger partial charge in [0.25, 0.3) is 0 Å². The van der Waals surface area contributed by atoms with Crippen molar-refractivity contribution in [3.63, 3.8) is 0 Å². The molecule has 0 spiro atoms. The molecule has 0 bridgehead atoms. The summed E-state index contributed by atoms with van der Waals surface area (Å²) in [7, 11) is 0. The number of piperidine rings is 1. The molecule has 1 aromatic rings. The van der Waals surface area contributed by atoms with E-state index in [1.165, 1.54) is 19.3 Å². The highest BCUT2D eigenvalue weighted by Gasteiger charge is 2.15. The lowest BCUT2D eigenvalue weighted by Gasteiger charge is -2.29. The van der Waals surface area contributed by atoms with Crippen molar-refractivity contribution in [2.45, 2.75) is 39.2 Å². The van der Waals surface area contributed by atoms with E-state index < -0.39 is 5.97 Å². The number of aromatic carboxylic acids is 1. The minimum atomic E-state index is -0.983. The number of nitrogens with one attached hydrogen (secondary N) is 1. The third kappa shape index (κ3) is 4.11. The van der Waals surface area contributed by atoms with Crippen LogP contribution < -0.4 is 11.1 Å². The lowest BCUT2D eigenvalue weighted by Crippen LogP contribution is -2.38. The lowest BCUT2D eigenvalue weighted by molar-refractivity contribution is 0.0698. The maximum atomic E-state index is 11.2. The van der Waals surface area contributed by atoms with Gasteiger partial charge >= 0.3 is 5.97 Å². The number of nitrogens with zero attached hydrogens (tertiary/aromatic N) is 1. The van der Waals surface area contributed by atoms with Crippen LogP contribution in [0.3, 0.4) is 0 Å². The molecular weight excluding hydrogens is 266 g/mol. The van der Waals surface area contributed by atoms with Crippen LogP contribution in [0.5, 0.6) is 0 Å². The predicted molar refractivity (Wildman–Crippen MR) is 85.9 cm³/mol. The van der Waals surface area contributed by atoms with Gasteiger partial charge in [0.05, 0.1) is 5.56 Å². The molecule has 1 heterocycles. The third-order valence-corrected chi connectivity index (χ3v) is 4.01. The first kappa shape index (κ1) is 15.6. The molecule has 116 valence electrons. The fraction of sp³-hybridized carbons (Fsp3) is 0.562. The fourth-order valence-corrected chi connectivity index (χ4v) is 2.92. The Bertz CT molecular complexity index is 510. The molecule has 1 aliphatic heterocycles. The number of carbonyl (C=O) groups is 1. The number of benzene rings is 1. The van der Waals surface area contributed by atoms with Crippen molar-refractivity contribution in [1.82, 2.24) is 4.90 Å². The monoisotopic (exact) mass is 291 g/mol. The Morgan fingerprint density at radius 1 is 1.38 bits per heavy atom. The van der Waals surface area contributed by atoms with E-state index in [0.29, 0.717) is 5.69 Å². The molecule has 1 aliphatic rings. The summed E-state index contributed by atoms with van der Waals surface area (Å²) in [6, 6.07) is 3.80. The molecule has 1 aromatic carbocycles. The Balaban J connectivity index is 2.03. The zero-order valence-electron chi connectivity index (χ0n) is 12.9. The molecule has 1 atom stereocenters. The van der Waals surface area contributed by atoms with E-state index in [0.717, 1.165) is 30.9 Å². The van der Waals surface area contributed by atoms with Gasteiger partial charge in [0, 0.05) is 24.0 Å². The van der Waals surface area contributed by atoms with Gasteiger partial charge in [-0.15, -0.1) is 0 Å². The zero-order chi connectivity index (χ0) is 15.4. The first-order chi connectivity index (χ1) is 9.97. The number of carboxylic acid groups (broad SMARTS) is 1. The van der Waals surface area contributed by atoms with Crippen molar-refractivity contribution in [1.29, 1.82) is 0 Å². The van der Waals surface area contributed by atoms with Gasteiger partial charge in [-0.25, -0.2) is 4.79 Å². The van der Waals surface area contributed by atoms with Crippen molar-refractivity contribution in [2.75, 3.05) is 30.7 Å². The van der Waals surface area contributed by atoms with E-state index in [2.05, 4.69) is 17.1 Å². The quantitative estimate of drug-likeness (QED) is 0.727. The van der Waals surface area contributed by atoms with Gasteiger partial charge in [0.1, 0.15) is 0 Å². The van der Waals surface area contributed by atoms with Crippen molar-refractivity contribution in [2.24, 2.45) is 0 Å². The van der Waals surface area contributed by atoms with E-state index in [1.807, 2.05) is 13.0 Å². The Morgan fingerprint density at radius 3 is 2.67 bits per heavy atom. The molecule has 0 aromatic heterocycles. The number of rotatable bonds is 5. The number of likely N-dealkylation sites (tertiary alicyclic amines) is 1. The molecule has 21 heavy (non-hydrogen) atoms. The summed E-state index contributed by atoms with van der Waals surface area (Å²) in [6.45, 7) is 7.26. The maximum Gasteiger partial charge on any atom is 0.337 e. The highest BCUT2D eigenvalue weighted by molar-refractivity contribution is 5.95. The summed E-state index contributed by atoms with van der Waals surface area (Å²) in [4.78, 5) is 13.7. The van der Waals surface area contributed by atoms with Crippen LogP contribution in [0.2, 0.25) is 0 Å². The van der Waals surface area contributed by atoms with Gasteiger partial charge in [-0.3, -0.25) is 0 Å². The first-order valence-corrected chi connectivity index (χ1v) is 7.59. The highest BCUT2D eigenvalue weighted by Crippen LogP contribution is 2.23. The lowest BCUT2D eigenvalue weighted by atomic mass is 10.1. The Labute approximate surface area is 126 Å². The highest BCUT2D eigenvalue weighted by atomic mass is 16.4. The minimum Gasteiger partial charge on any atom is -0.478 e. The molecule has 4 N–H and O–H groups in total. The van der Waals surface area contributed by atoms with E-state index in [4.69, 9.17) is 5.73 Å². The molecule has 0 radical (unpaired) electrons. The number of aryl methyl sites for hydroxylation is 1. The summed E-state index contributed by atoms with van der Waals surface area (Å²) in [5, 5.41) is 12.6. The number of carboxylic acids is 1. The van der Waals surface area contributed by atoms with Crippen LogP contribution in [-0.4, -0.2) is 41.7 Å². The number of hydrogen-bond donors (Lipinski definition) is 3. The molecule has 1 unspecified atom stereocenters. The average Bonchev–Trinajstić information content (AvgIpc) is 2.43. The molecule has 0 amide bonds. The SMILES string of the molecule is Cc1cc(NC(C)CN2CCCCC2)cc(C(=O)O)c1N. The second-order valence-electron chi connectivity index (χ2n) is 5.97. The smallest absolute Gasteiger partial charge is 0.337 e. The normalized spacial score (nSPS) is 17.4. The van der Waals surface area contributed by atoms with Crippen molar-refractivity contribution < 1.29 is 9.90 Å². The summed E-state index contributed by atoms with van der Waals surface area (Å²) in [5.41, 5.74) is 7.95. The first-order valence-electron chi connectivity index (χ1n) is 7.59. The Hall–Kier alpha value is -1.75. The van der Waals surface area contributed by atoms with Crippen LogP contribution >= 0.6 is 0 Å². The van der Waals surface area contributed by atoms with Gasteiger partial charge in [-0.05, 0) is 57.5 Å². The summed E-state index contributed by atoms with van der Waals surface area (Å²) in [6.07, 6.45) is 3.88. The summed E-state index contributed by atoms with van der Waals surface area (Å²) < 4.78 is 0. The molecule has 0 saturated carbocycles. The molecule has 2 rings (SSSR count). The van der Waals surface area contributed by atoms with Gasteiger partial charge < -0.3 is 21.1 Å². The molecular formula is C16H25N3O2. The van der Waals surface area contributed by atoms with E-state index >= 15 is 0 Å². The van der Waals surface area contributed by atoms with E-state index in [-0.39, 0.29) is 11.6 Å². The van der Waals surface area contributed by atoms with Crippen LogP contribution in [0.25, 0.3) is 0 Å². The van der Waals surface area contributed by atoms with Crippen LogP contribution in [0.15, 0.2) is 12.1 Å². The second kappa shape index (κ2) is 6.80. The fourth-order valence-electron chi connectivity index (χ4n) is 2.92. The summed E-state index contributed by atoms with van der Waals surface area (Å²) in [5.74, 6) is -0.983. The van der Waals surface area contributed by atoms with Gasteiger partial charge in [0.15, 0.2) is 0 Å². The number of anilines is 2.